The fraction of sp³-hybridized carbons (Fsp3) is 0.333. The predicted octanol–water partition coefficient (Wildman–Crippen LogP) is 3.92. The summed E-state index contributed by atoms with van der Waals surface area (Å²) in [5, 5.41) is 9.14. The van der Waals surface area contributed by atoms with Crippen LogP contribution in [0.25, 0.3) is 17.0 Å². The highest BCUT2D eigenvalue weighted by Crippen LogP contribution is 2.32. The van der Waals surface area contributed by atoms with Gasteiger partial charge in [-0.25, -0.2) is 23.9 Å². The number of nitrogens with zero attached hydrogens (tertiary/aromatic N) is 5. The zero-order valence-electron chi connectivity index (χ0n) is 16.2. The van der Waals surface area contributed by atoms with Gasteiger partial charge < -0.3 is 4.74 Å². The van der Waals surface area contributed by atoms with E-state index in [-0.39, 0.29) is 33.4 Å². The molecule has 3 heterocycles. The van der Waals surface area contributed by atoms with E-state index < -0.39 is 27.2 Å². The highest BCUT2D eigenvalue weighted by molar-refractivity contribution is 7.92. The average Bonchev–Trinajstić information content (AvgIpc) is 3.10. The van der Waals surface area contributed by atoms with Crippen LogP contribution in [0.2, 0.25) is 0 Å². The molecule has 158 valence electrons. The first-order valence-corrected chi connectivity index (χ1v) is 10.4. The molecule has 0 fully saturated rings. The van der Waals surface area contributed by atoms with Crippen LogP contribution in [-0.4, -0.2) is 34.9 Å². The zero-order chi connectivity index (χ0) is 22.3. The van der Waals surface area contributed by atoms with Crippen molar-refractivity contribution in [3.63, 3.8) is 0 Å². The highest BCUT2D eigenvalue weighted by atomic mass is 32.2. The highest BCUT2D eigenvalue weighted by Gasteiger charge is 2.33. The quantitative estimate of drug-likeness (QED) is 0.645. The third-order valence-corrected chi connectivity index (χ3v) is 5.95. The fourth-order valence-electron chi connectivity index (χ4n) is 2.56. The van der Waals surface area contributed by atoms with Crippen molar-refractivity contribution in [3.05, 3.63) is 36.5 Å². The first kappa shape index (κ1) is 21.5. The van der Waals surface area contributed by atoms with Gasteiger partial charge in [-0.2, -0.15) is 18.4 Å². The standard InChI is InChI=1S/C18H17F3N6O2S/c1-4-30(23,28)13-5-11(29-17(2,3)9-22)7-24-16(13)12-8-27-10-25-14(18(19,20)21)6-15(27)26-12/h5-8,10,23H,4H2,1-3H3/t30-/m0/s1. The van der Waals surface area contributed by atoms with Crippen molar-refractivity contribution in [1.82, 2.24) is 19.4 Å². The van der Waals surface area contributed by atoms with Crippen molar-refractivity contribution in [2.75, 3.05) is 5.75 Å². The molecule has 0 aliphatic rings. The first-order valence-electron chi connectivity index (χ1n) is 8.65. The van der Waals surface area contributed by atoms with Crippen molar-refractivity contribution in [2.45, 2.75) is 37.4 Å². The van der Waals surface area contributed by atoms with E-state index >= 15 is 0 Å². The summed E-state index contributed by atoms with van der Waals surface area (Å²) in [5.74, 6) is 0.110. The minimum Gasteiger partial charge on any atom is -0.471 e. The molecule has 1 N–H and O–H groups in total. The van der Waals surface area contributed by atoms with Crippen LogP contribution in [0.15, 0.2) is 35.7 Å². The maximum absolute atomic E-state index is 12.9. The van der Waals surface area contributed by atoms with E-state index in [9.17, 15) is 17.4 Å². The summed E-state index contributed by atoms with van der Waals surface area (Å²) >= 11 is 0. The molecular formula is C18H17F3N6O2S. The Morgan fingerprint density at radius 2 is 2.00 bits per heavy atom. The maximum atomic E-state index is 12.9. The molecule has 0 radical (unpaired) electrons. The largest absolute Gasteiger partial charge is 0.471 e. The Kier molecular flexibility index (Phi) is 5.19. The molecule has 0 amide bonds. The molecule has 12 heteroatoms. The lowest BCUT2D eigenvalue weighted by Gasteiger charge is -2.19. The lowest BCUT2D eigenvalue weighted by molar-refractivity contribution is -0.141. The van der Waals surface area contributed by atoms with Crippen LogP contribution in [0.3, 0.4) is 0 Å². The third kappa shape index (κ3) is 4.20. The number of nitrogens with one attached hydrogen (secondary N) is 1. The number of imidazole rings is 1. The Balaban J connectivity index is 2.16. The Labute approximate surface area is 170 Å². The van der Waals surface area contributed by atoms with E-state index in [1.807, 2.05) is 6.07 Å². The minimum atomic E-state index is -4.62. The smallest absolute Gasteiger partial charge is 0.433 e. The summed E-state index contributed by atoms with van der Waals surface area (Å²) in [6, 6.07) is 4.10. The second kappa shape index (κ2) is 7.24. The van der Waals surface area contributed by atoms with Crippen LogP contribution < -0.4 is 4.74 Å². The van der Waals surface area contributed by atoms with Gasteiger partial charge in [0.2, 0.25) is 0 Å². The lowest BCUT2D eigenvalue weighted by atomic mass is 10.2. The Bertz CT molecular complexity index is 1260. The van der Waals surface area contributed by atoms with Crippen molar-refractivity contribution < 1.29 is 22.1 Å². The molecule has 0 aromatic carbocycles. The molecule has 3 aromatic rings. The van der Waals surface area contributed by atoms with Gasteiger partial charge in [0, 0.05) is 24.1 Å². The SMILES string of the molecule is CC[S@](=N)(=O)c1cc(OC(C)(C)C#N)cnc1-c1cn2cnc(C(F)(F)F)cc2n1. The monoisotopic (exact) mass is 438 g/mol. The molecule has 0 aliphatic heterocycles. The van der Waals surface area contributed by atoms with Crippen LogP contribution in [-0.2, 0) is 15.9 Å². The Hall–Kier alpha value is -3.20. The number of aromatic nitrogens is 4. The molecule has 0 bridgehead atoms. The molecule has 0 aliphatic carbocycles. The summed E-state index contributed by atoms with van der Waals surface area (Å²) in [4.78, 5) is 11.7. The number of rotatable bonds is 5. The predicted molar refractivity (Wildman–Crippen MR) is 101 cm³/mol. The molecule has 3 rings (SSSR count). The van der Waals surface area contributed by atoms with Crippen molar-refractivity contribution in [1.29, 1.82) is 10.0 Å². The van der Waals surface area contributed by atoms with E-state index in [2.05, 4.69) is 15.0 Å². The van der Waals surface area contributed by atoms with Gasteiger partial charge >= 0.3 is 6.18 Å². The van der Waals surface area contributed by atoms with Gasteiger partial charge in [-0.3, -0.25) is 4.40 Å². The third-order valence-electron chi connectivity index (χ3n) is 4.11. The molecule has 1 atom stereocenters. The topological polar surface area (TPSA) is 117 Å². The summed E-state index contributed by atoms with van der Waals surface area (Å²) in [5.41, 5.74) is -2.10. The Morgan fingerprint density at radius 1 is 1.30 bits per heavy atom. The second-order valence-corrected chi connectivity index (χ2v) is 9.24. The number of halogens is 3. The molecule has 0 saturated carbocycles. The van der Waals surface area contributed by atoms with Crippen LogP contribution in [0.4, 0.5) is 13.2 Å². The molecule has 0 saturated heterocycles. The maximum Gasteiger partial charge on any atom is 0.433 e. The van der Waals surface area contributed by atoms with Gasteiger partial charge in [-0.1, -0.05) is 6.92 Å². The van der Waals surface area contributed by atoms with Crippen LogP contribution in [0.1, 0.15) is 26.5 Å². The summed E-state index contributed by atoms with van der Waals surface area (Å²) < 4.78 is 66.6. The zero-order valence-corrected chi connectivity index (χ0v) is 17.0. The lowest BCUT2D eigenvalue weighted by Crippen LogP contribution is -2.25. The van der Waals surface area contributed by atoms with Gasteiger partial charge in [0.15, 0.2) is 5.60 Å². The van der Waals surface area contributed by atoms with Crippen molar-refractivity contribution in [3.8, 4) is 23.2 Å². The number of alkyl halides is 3. The van der Waals surface area contributed by atoms with Crippen LogP contribution in [0.5, 0.6) is 5.75 Å². The summed E-state index contributed by atoms with van der Waals surface area (Å²) in [7, 11) is -3.30. The van der Waals surface area contributed by atoms with E-state index in [4.69, 9.17) is 14.8 Å². The van der Waals surface area contributed by atoms with E-state index in [1.54, 1.807) is 6.92 Å². The van der Waals surface area contributed by atoms with Crippen molar-refractivity contribution >= 4 is 15.4 Å². The Morgan fingerprint density at radius 3 is 2.60 bits per heavy atom. The first-order chi connectivity index (χ1) is 13.9. The van der Waals surface area contributed by atoms with Gasteiger partial charge in [0.25, 0.3) is 0 Å². The van der Waals surface area contributed by atoms with Crippen molar-refractivity contribution in [2.24, 2.45) is 0 Å². The van der Waals surface area contributed by atoms with Gasteiger partial charge in [0.05, 0.1) is 20.8 Å². The van der Waals surface area contributed by atoms with Gasteiger partial charge in [0.1, 0.15) is 40.9 Å². The number of nitriles is 1. The molecule has 30 heavy (non-hydrogen) atoms. The van der Waals surface area contributed by atoms with E-state index in [0.717, 1.165) is 12.4 Å². The molecule has 0 unspecified atom stereocenters. The van der Waals surface area contributed by atoms with Crippen LogP contribution in [0, 0.1) is 16.1 Å². The van der Waals surface area contributed by atoms with Gasteiger partial charge in [-0.15, -0.1) is 0 Å². The second-order valence-electron chi connectivity index (χ2n) is 6.87. The molecule has 3 aromatic heterocycles. The van der Waals surface area contributed by atoms with Crippen LogP contribution >= 0.6 is 0 Å². The number of ether oxygens (including phenoxy) is 1. The fourth-order valence-corrected chi connectivity index (χ4v) is 3.65. The molecule has 0 spiro atoms. The normalized spacial score (nSPS) is 14.3. The number of hydrogen-bond donors (Lipinski definition) is 1. The van der Waals surface area contributed by atoms with Gasteiger partial charge in [-0.05, 0) is 13.8 Å². The molecular weight excluding hydrogens is 421 g/mol. The molecule has 8 nitrogen and oxygen atoms in total. The van der Waals surface area contributed by atoms with E-state index in [1.165, 1.54) is 36.7 Å². The number of fused-ring (bicyclic) bond motifs is 1. The number of hydrogen-bond acceptors (Lipinski definition) is 7. The number of pyridine rings is 1. The average molecular weight is 438 g/mol. The minimum absolute atomic E-state index is 0.0173. The summed E-state index contributed by atoms with van der Waals surface area (Å²) in [6.45, 7) is 4.63. The van der Waals surface area contributed by atoms with E-state index in [0.29, 0.717) is 0 Å². The summed E-state index contributed by atoms with van der Waals surface area (Å²) in [6.07, 6.45) is -0.980.